The summed E-state index contributed by atoms with van der Waals surface area (Å²) in [5.74, 6) is 1.01. The number of non-ortho nitro benzene ring substituents is 1. The van der Waals surface area contributed by atoms with E-state index in [4.69, 9.17) is 9.47 Å². The Morgan fingerprint density at radius 2 is 1.93 bits per heavy atom. The van der Waals surface area contributed by atoms with E-state index in [1.165, 1.54) is 18.2 Å². The average molecular weight is 370 g/mol. The Kier molecular flexibility index (Phi) is 7.37. The van der Waals surface area contributed by atoms with E-state index in [1.807, 2.05) is 19.1 Å². The van der Waals surface area contributed by atoms with Crippen LogP contribution in [0.25, 0.3) is 6.08 Å². The Hall–Kier alpha value is -3.35. The maximum absolute atomic E-state index is 12.0. The van der Waals surface area contributed by atoms with Gasteiger partial charge < -0.3 is 14.8 Å². The lowest BCUT2D eigenvalue weighted by atomic mass is 10.2. The molecule has 2 aromatic rings. The Labute approximate surface area is 157 Å². The summed E-state index contributed by atoms with van der Waals surface area (Å²) < 4.78 is 10.9. The van der Waals surface area contributed by atoms with Crippen molar-refractivity contribution >= 4 is 17.7 Å². The number of amides is 1. The van der Waals surface area contributed by atoms with Gasteiger partial charge in [-0.3, -0.25) is 14.9 Å². The largest absolute Gasteiger partial charge is 0.493 e. The molecule has 0 radical (unpaired) electrons. The fourth-order valence-corrected chi connectivity index (χ4v) is 2.27. The van der Waals surface area contributed by atoms with Crippen molar-refractivity contribution in [2.45, 2.75) is 19.9 Å². The van der Waals surface area contributed by atoms with E-state index in [2.05, 4.69) is 5.32 Å². The topological polar surface area (TPSA) is 90.7 Å². The smallest absolute Gasteiger partial charge is 0.269 e. The van der Waals surface area contributed by atoms with Gasteiger partial charge in [-0.15, -0.1) is 0 Å². The number of ether oxygens (including phenoxy) is 2. The number of rotatable bonds is 9. The van der Waals surface area contributed by atoms with Crippen LogP contribution in [0.15, 0.2) is 48.5 Å². The van der Waals surface area contributed by atoms with Crippen LogP contribution in [-0.2, 0) is 11.3 Å². The van der Waals surface area contributed by atoms with Crippen molar-refractivity contribution < 1.29 is 19.2 Å². The molecule has 142 valence electrons. The number of hydrogen-bond acceptors (Lipinski definition) is 5. The van der Waals surface area contributed by atoms with E-state index < -0.39 is 4.92 Å². The summed E-state index contributed by atoms with van der Waals surface area (Å²) in [6.07, 6.45) is 4.00. The first kappa shape index (κ1) is 20.0. The lowest BCUT2D eigenvalue weighted by molar-refractivity contribution is -0.384. The molecule has 2 rings (SSSR count). The number of nitrogens with zero attached hydrogens (tertiary/aromatic N) is 1. The van der Waals surface area contributed by atoms with Crippen LogP contribution in [0, 0.1) is 10.1 Å². The lowest BCUT2D eigenvalue weighted by Gasteiger charge is -2.10. The second-order valence-electron chi connectivity index (χ2n) is 5.73. The van der Waals surface area contributed by atoms with Crippen molar-refractivity contribution in [3.63, 3.8) is 0 Å². The normalized spacial score (nSPS) is 10.6. The predicted octanol–water partition coefficient (Wildman–Crippen LogP) is 3.72. The monoisotopic (exact) mass is 370 g/mol. The van der Waals surface area contributed by atoms with E-state index in [-0.39, 0.29) is 18.1 Å². The summed E-state index contributed by atoms with van der Waals surface area (Å²) >= 11 is 0. The van der Waals surface area contributed by atoms with E-state index in [0.717, 1.165) is 17.5 Å². The van der Waals surface area contributed by atoms with E-state index in [1.54, 1.807) is 31.4 Å². The van der Waals surface area contributed by atoms with Crippen molar-refractivity contribution in [2.24, 2.45) is 0 Å². The summed E-state index contributed by atoms with van der Waals surface area (Å²) in [7, 11) is 1.57. The molecule has 0 saturated heterocycles. The number of methoxy groups -OCH3 is 1. The number of benzene rings is 2. The molecule has 0 aliphatic carbocycles. The number of nitro groups is 1. The summed E-state index contributed by atoms with van der Waals surface area (Å²) in [5.41, 5.74) is 1.60. The van der Waals surface area contributed by atoms with Gasteiger partial charge in [0.15, 0.2) is 11.5 Å². The van der Waals surface area contributed by atoms with Gasteiger partial charge in [0.05, 0.1) is 18.6 Å². The third-order valence-electron chi connectivity index (χ3n) is 3.69. The molecule has 1 N–H and O–H groups in total. The molecular weight excluding hydrogens is 348 g/mol. The van der Waals surface area contributed by atoms with Crippen molar-refractivity contribution in [3.05, 3.63) is 69.8 Å². The highest BCUT2D eigenvalue weighted by atomic mass is 16.6. The van der Waals surface area contributed by atoms with Crippen LogP contribution < -0.4 is 14.8 Å². The maximum atomic E-state index is 12.0. The Balaban J connectivity index is 1.92. The Morgan fingerprint density at radius 1 is 1.19 bits per heavy atom. The zero-order valence-corrected chi connectivity index (χ0v) is 15.3. The van der Waals surface area contributed by atoms with Gasteiger partial charge in [0.25, 0.3) is 5.69 Å². The molecule has 0 unspecified atom stereocenters. The number of carbonyl (C=O) groups is 1. The van der Waals surface area contributed by atoms with Crippen molar-refractivity contribution in [3.8, 4) is 11.5 Å². The van der Waals surface area contributed by atoms with Crippen molar-refractivity contribution in [1.82, 2.24) is 5.32 Å². The average Bonchev–Trinajstić information content (AvgIpc) is 2.69. The summed E-state index contributed by atoms with van der Waals surface area (Å²) in [5, 5.41) is 13.4. The van der Waals surface area contributed by atoms with Crippen LogP contribution in [0.4, 0.5) is 5.69 Å². The van der Waals surface area contributed by atoms with Gasteiger partial charge in [-0.25, -0.2) is 0 Å². The molecule has 0 fully saturated rings. The van der Waals surface area contributed by atoms with E-state index in [9.17, 15) is 14.9 Å². The molecule has 0 aliphatic heterocycles. The predicted molar refractivity (Wildman–Crippen MR) is 103 cm³/mol. The summed E-state index contributed by atoms with van der Waals surface area (Å²) in [6, 6.07) is 11.5. The minimum atomic E-state index is -0.460. The molecule has 7 heteroatoms. The fraction of sp³-hybridized carbons (Fsp3) is 0.250. The van der Waals surface area contributed by atoms with Gasteiger partial charge in [0.2, 0.25) is 5.91 Å². The molecule has 7 nitrogen and oxygen atoms in total. The van der Waals surface area contributed by atoms with Crippen LogP contribution >= 0.6 is 0 Å². The van der Waals surface area contributed by atoms with Gasteiger partial charge in [-0.05, 0) is 35.8 Å². The number of hydrogen-bond donors (Lipinski definition) is 1. The van der Waals surface area contributed by atoms with E-state index in [0.29, 0.717) is 18.1 Å². The first-order chi connectivity index (χ1) is 13.0. The molecule has 0 aromatic heterocycles. The molecule has 0 heterocycles. The molecule has 0 spiro atoms. The minimum Gasteiger partial charge on any atom is -0.493 e. The van der Waals surface area contributed by atoms with Crippen LogP contribution in [0.2, 0.25) is 0 Å². The molecule has 0 bridgehead atoms. The molecule has 0 atom stereocenters. The molecule has 0 aliphatic rings. The molecule has 2 aromatic carbocycles. The fourth-order valence-electron chi connectivity index (χ4n) is 2.27. The highest BCUT2D eigenvalue weighted by molar-refractivity contribution is 5.91. The molecule has 27 heavy (non-hydrogen) atoms. The Bertz CT molecular complexity index is 816. The first-order valence-corrected chi connectivity index (χ1v) is 8.53. The third kappa shape index (κ3) is 6.14. The van der Waals surface area contributed by atoms with Gasteiger partial charge in [0, 0.05) is 24.8 Å². The van der Waals surface area contributed by atoms with Crippen LogP contribution in [0.1, 0.15) is 24.5 Å². The maximum Gasteiger partial charge on any atom is 0.269 e. The van der Waals surface area contributed by atoms with Crippen molar-refractivity contribution in [1.29, 1.82) is 0 Å². The first-order valence-electron chi connectivity index (χ1n) is 8.53. The van der Waals surface area contributed by atoms with Gasteiger partial charge in [0.1, 0.15) is 0 Å². The highest BCUT2D eigenvalue weighted by Gasteiger charge is 2.06. The summed E-state index contributed by atoms with van der Waals surface area (Å²) in [6.45, 7) is 2.92. The molecule has 1 amide bonds. The number of nitro benzene ring substituents is 1. The minimum absolute atomic E-state index is 0.0188. The molecule has 0 saturated carbocycles. The van der Waals surface area contributed by atoms with Gasteiger partial charge in [-0.2, -0.15) is 0 Å². The van der Waals surface area contributed by atoms with Gasteiger partial charge >= 0.3 is 0 Å². The van der Waals surface area contributed by atoms with Crippen LogP contribution in [0.5, 0.6) is 11.5 Å². The standard InChI is InChI=1S/C20H22N2O5/c1-3-12-27-18-10-6-15(13-19(18)26-2)7-11-20(23)21-14-16-4-8-17(9-5-16)22(24)25/h4-11,13H,3,12,14H2,1-2H3,(H,21,23)/b11-7+. The van der Waals surface area contributed by atoms with E-state index >= 15 is 0 Å². The van der Waals surface area contributed by atoms with Crippen LogP contribution in [0.3, 0.4) is 0 Å². The quantitative estimate of drug-likeness (QED) is 0.413. The third-order valence-corrected chi connectivity index (χ3v) is 3.69. The molecular formula is C20H22N2O5. The van der Waals surface area contributed by atoms with Gasteiger partial charge in [-0.1, -0.05) is 25.1 Å². The number of carbonyl (C=O) groups excluding carboxylic acids is 1. The second kappa shape index (κ2) is 9.96. The highest BCUT2D eigenvalue weighted by Crippen LogP contribution is 2.28. The SMILES string of the molecule is CCCOc1ccc(/C=C/C(=O)NCc2ccc([N+](=O)[O-])cc2)cc1OC. The van der Waals surface area contributed by atoms with Crippen molar-refractivity contribution in [2.75, 3.05) is 13.7 Å². The second-order valence-corrected chi connectivity index (χ2v) is 5.73. The Morgan fingerprint density at radius 3 is 2.56 bits per heavy atom. The zero-order valence-electron chi connectivity index (χ0n) is 15.3. The lowest BCUT2D eigenvalue weighted by Crippen LogP contribution is -2.20. The number of nitrogens with one attached hydrogen (secondary N) is 1. The summed E-state index contributed by atoms with van der Waals surface area (Å²) in [4.78, 5) is 22.1. The zero-order chi connectivity index (χ0) is 19.6. The van der Waals surface area contributed by atoms with Crippen LogP contribution in [-0.4, -0.2) is 24.5 Å².